The molecule has 1 aliphatic rings. The Morgan fingerprint density at radius 3 is 2.80 bits per heavy atom. The Bertz CT molecular complexity index is 997. The monoisotopic (exact) mass is 426 g/mol. The number of aryl methyl sites for hydroxylation is 1. The first kappa shape index (κ1) is 20.6. The summed E-state index contributed by atoms with van der Waals surface area (Å²) in [4.78, 5) is 20.0. The summed E-state index contributed by atoms with van der Waals surface area (Å²) in [5.74, 6) is 2.02. The molecule has 3 heterocycles. The molecule has 2 aromatic heterocycles. The summed E-state index contributed by atoms with van der Waals surface area (Å²) in [6, 6.07) is 12.0. The minimum Gasteiger partial charge on any atom is -0.487 e. The van der Waals surface area contributed by atoms with Crippen LogP contribution >= 0.6 is 11.3 Å². The second kappa shape index (κ2) is 8.62. The molecule has 1 aromatic carbocycles. The topological polar surface area (TPSA) is 64.8 Å². The molecule has 3 aromatic rings. The number of hydrogen-bond acceptors (Lipinski definition) is 7. The zero-order valence-corrected chi connectivity index (χ0v) is 18.3. The molecule has 1 fully saturated rings. The number of carbonyl (C=O) groups is 1. The van der Waals surface area contributed by atoms with E-state index in [-0.39, 0.29) is 5.97 Å². The first-order chi connectivity index (χ1) is 14.5. The number of thiophene rings is 1. The number of esters is 1. The van der Waals surface area contributed by atoms with Crippen LogP contribution in [0.5, 0.6) is 5.75 Å². The van der Waals surface area contributed by atoms with Crippen molar-refractivity contribution in [1.29, 1.82) is 0 Å². The number of benzene rings is 1. The van der Waals surface area contributed by atoms with Crippen molar-refractivity contribution >= 4 is 17.3 Å². The van der Waals surface area contributed by atoms with Gasteiger partial charge in [-0.3, -0.25) is 9.69 Å². The van der Waals surface area contributed by atoms with E-state index >= 15 is 0 Å². The van der Waals surface area contributed by atoms with Crippen molar-refractivity contribution in [2.75, 3.05) is 13.7 Å². The van der Waals surface area contributed by atoms with Gasteiger partial charge in [0.15, 0.2) is 0 Å². The lowest BCUT2D eigenvalue weighted by atomic mass is 9.98. The Balaban J connectivity index is 1.37. The Hall–Kier alpha value is -2.64. The van der Waals surface area contributed by atoms with Gasteiger partial charge in [0.25, 0.3) is 0 Å². The zero-order chi connectivity index (χ0) is 21.1. The number of nitrogens with zero attached hydrogens (tertiary/aromatic N) is 2. The maximum absolute atomic E-state index is 12.2. The maximum Gasteiger partial charge on any atom is 0.326 e. The van der Waals surface area contributed by atoms with Crippen LogP contribution < -0.4 is 4.74 Å². The van der Waals surface area contributed by atoms with Gasteiger partial charge in [-0.05, 0) is 62.4 Å². The lowest BCUT2D eigenvalue weighted by Gasteiger charge is -2.32. The van der Waals surface area contributed by atoms with E-state index in [1.165, 1.54) is 7.11 Å². The molecule has 0 amide bonds. The van der Waals surface area contributed by atoms with E-state index in [0.29, 0.717) is 19.0 Å². The molecule has 0 saturated carbocycles. The highest BCUT2D eigenvalue weighted by molar-refractivity contribution is 7.13. The normalized spacial score (nSPS) is 19.2. The van der Waals surface area contributed by atoms with E-state index in [1.807, 2.05) is 55.6 Å². The predicted molar refractivity (Wildman–Crippen MR) is 115 cm³/mol. The average Bonchev–Trinajstić information content (AvgIpc) is 3.49. The van der Waals surface area contributed by atoms with Crippen LogP contribution in [-0.4, -0.2) is 35.0 Å². The molecule has 158 valence electrons. The zero-order valence-electron chi connectivity index (χ0n) is 17.5. The van der Waals surface area contributed by atoms with Crippen molar-refractivity contribution in [2.24, 2.45) is 0 Å². The highest BCUT2D eigenvalue weighted by Crippen LogP contribution is 2.32. The number of aromatic nitrogens is 1. The SMILES string of the molecule is COC(=O)C1(C)CCCN1Cc1ccc(OCc2nc(-c3cccs3)oc2C)cc1. The fraction of sp³-hybridized carbons (Fsp3) is 0.391. The molecule has 30 heavy (non-hydrogen) atoms. The number of ether oxygens (including phenoxy) is 2. The number of carbonyl (C=O) groups excluding carboxylic acids is 1. The van der Waals surface area contributed by atoms with E-state index < -0.39 is 5.54 Å². The Labute approximate surface area is 180 Å². The summed E-state index contributed by atoms with van der Waals surface area (Å²) < 4.78 is 16.7. The van der Waals surface area contributed by atoms with Crippen LogP contribution in [0.4, 0.5) is 0 Å². The second-order valence-electron chi connectivity index (χ2n) is 7.72. The molecule has 1 saturated heterocycles. The number of methoxy groups -OCH3 is 1. The van der Waals surface area contributed by atoms with Gasteiger partial charge in [0, 0.05) is 6.54 Å². The fourth-order valence-electron chi connectivity index (χ4n) is 3.85. The van der Waals surface area contributed by atoms with Crippen LogP contribution in [-0.2, 0) is 22.7 Å². The molecule has 0 N–H and O–H groups in total. The highest BCUT2D eigenvalue weighted by Gasteiger charge is 2.43. The molecule has 6 nitrogen and oxygen atoms in total. The highest BCUT2D eigenvalue weighted by atomic mass is 32.1. The Morgan fingerprint density at radius 1 is 1.30 bits per heavy atom. The molecule has 1 aliphatic heterocycles. The smallest absolute Gasteiger partial charge is 0.326 e. The molecule has 0 spiro atoms. The fourth-order valence-corrected chi connectivity index (χ4v) is 4.50. The molecule has 0 bridgehead atoms. The van der Waals surface area contributed by atoms with Crippen LogP contribution in [0.3, 0.4) is 0 Å². The van der Waals surface area contributed by atoms with Gasteiger partial charge in [-0.2, -0.15) is 0 Å². The van der Waals surface area contributed by atoms with Crippen LogP contribution in [0, 0.1) is 6.92 Å². The molecule has 0 radical (unpaired) electrons. The summed E-state index contributed by atoms with van der Waals surface area (Å²) in [5, 5.41) is 2.00. The van der Waals surface area contributed by atoms with Gasteiger partial charge >= 0.3 is 5.97 Å². The molecular formula is C23H26N2O4S. The molecule has 4 rings (SSSR count). The minimum absolute atomic E-state index is 0.162. The third-order valence-electron chi connectivity index (χ3n) is 5.71. The standard InChI is InChI=1S/C23H26N2O4S/c1-16-19(24-21(29-16)20-6-4-13-30-20)15-28-18-9-7-17(8-10-18)14-25-12-5-11-23(25,2)22(26)27-3/h4,6-10,13H,5,11-12,14-15H2,1-3H3. The minimum atomic E-state index is -0.547. The van der Waals surface area contributed by atoms with E-state index in [9.17, 15) is 4.79 Å². The number of oxazole rings is 1. The van der Waals surface area contributed by atoms with E-state index in [2.05, 4.69) is 9.88 Å². The van der Waals surface area contributed by atoms with Gasteiger partial charge in [0.05, 0.1) is 12.0 Å². The van der Waals surface area contributed by atoms with Crippen LogP contribution in [0.2, 0.25) is 0 Å². The lowest BCUT2D eigenvalue weighted by Crippen LogP contribution is -2.48. The summed E-state index contributed by atoms with van der Waals surface area (Å²) in [6.45, 7) is 5.82. The van der Waals surface area contributed by atoms with Gasteiger partial charge in [0.2, 0.25) is 5.89 Å². The average molecular weight is 427 g/mol. The summed E-state index contributed by atoms with van der Waals surface area (Å²) in [6.07, 6.45) is 1.82. The predicted octanol–water partition coefficient (Wildman–Crippen LogP) is 4.82. The molecular weight excluding hydrogens is 400 g/mol. The van der Waals surface area contributed by atoms with Gasteiger partial charge < -0.3 is 13.9 Å². The van der Waals surface area contributed by atoms with Crippen LogP contribution in [0.15, 0.2) is 46.2 Å². The lowest BCUT2D eigenvalue weighted by molar-refractivity contribution is -0.152. The summed E-state index contributed by atoms with van der Waals surface area (Å²) >= 11 is 1.60. The van der Waals surface area contributed by atoms with Crippen molar-refractivity contribution in [3.05, 3.63) is 58.8 Å². The van der Waals surface area contributed by atoms with Gasteiger partial charge in [0.1, 0.15) is 29.3 Å². The number of likely N-dealkylation sites (tertiary alicyclic amines) is 1. The first-order valence-corrected chi connectivity index (χ1v) is 10.9. The molecule has 1 atom stereocenters. The second-order valence-corrected chi connectivity index (χ2v) is 8.67. The first-order valence-electron chi connectivity index (χ1n) is 10.0. The summed E-state index contributed by atoms with van der Waals surface area (Å²) in [7, 11) is 1.45. The van der Waals surface area contributed by atoms with Crippen LogP contribution in [0.1, 0.15) is 36.8 Å². The van der Waals surface area contributed by atoms with Gasteiger partial charge in [-0.25, -0.2) is 4.98 Å². The largest absolute Gasteiger partial charge is 0.487 e. The molecule has 0 aliphatic carbocycles. The third-order valence-corrected chi connectivity index (χ3v) is 6.57. The number of rotatable bonds is 7. The van der Waals surface area contributed by atoms with Crippen LogP contribution in [0.25, 0.3) is 10.8 Å². The Kier molecular flexibility index (Phi) is 5.92. The Morgan fingerprint density at radius 2 is 2.10 bits per heavy atom. The third kappa shape index (κ3) is 4.13. The van der Waals surface area contributed by atoms with Gasteiger partial charge in [-0.1, -0.05) is 18.2 Å². The van der Waals surface area contributed by atoms with Crippen molar-refractivity contribution in [3.8, 4) is 16.5 Å². The van der Waals surface area contributed by atoms with E-state index in [4.69, 9.17) is 13.9 Å². The van der Waals surface area contributed by atoms with Crippen molar-refractivity contribution in [1.82, 2.24) is 9.88 Å². The molecule has 1 unspecified atom stereocenters. The molecule has 7 heteroatoms. The van der Waals surface area contributed by atoms with Crippen molar-refractivity contribution in [3.63, 3.8) is 0 Å². The number of hydrogen-bond donors (Lipinski definition) is 0. The van der Waals surface area contributed by atoms with E-state index in [1.54, 1.807) is 11.3 Å². The summed E-state index contributed by atoms with van der Waals surface area (Å²) in [5.41, 5.74) is 1.39. The van der Waals surface area contributed by atoms with Crippen molar-refractivity contribution in [2.45, 2.75) is 45.4 Å². The quantitative estimate of drug-likeness (QED) is 0.505. The van der Waals surface area contributed by atoms with E-state index in [0.717, 1.165) is 47.0 Å². The maximum atomic E-state index is 12.2. The van der Waals surface area contributed by atoms with Crippen molar-refractivity contribution < 1.29 is 18.7 Å². The van der Waals surface area contributed by atoms with Gasteiger partial charge in [-0.15, -0.1) is 11.3 Å².